The molecule has 41 heavy (non-hydrogen) atoms. The lowest BCUT2D eigenvalue weighted by molar-refractivity contribution is -0.141. The maximum absolute atomic E-state index is 13.4. The summed E-state index contributed by atoms with van der Waals surface area (Å²) in [7, 11) is 0. The summed E-state index contributed by atoms with van der Waals surface area (Å²) in [6.07, 6.45) is 1.40. The molecule has 1 aromatic carbocycles. The summed E-state index contributed by atoms with van der Waals surface area (Å²) in [5.41, 5.74) is -0.0903. The number of Topliss-reactive ketones (excluding diaryl/α,β-unsaturated/α-hetero) is 1. The van der Waals surface area contributed by atoms with E-state index in [4.69, 9.17) is 11.6 Å². The summed E-state index contributed by atoms with van der Waals surface area (Å²) < 4.78 is 30.1. The number of hydrogen-bond acceptors (Lipinski definition) is 6. The van der Waals surface area contributed by atoms with E-state index in [1.54, 1.807) is 6.92 Å². The van der Waals surface area contributed by atoms with Crippen LogP contribution in [0.25, 0.3) is 0 Å². The molecule has 0 saturated heterocycles. The lowest BCUT2D eigenvalue weighted by Gasteiger charge is -2.28. The quantitative estimate of drug-likeness (QED) is 0.215. The summed E-state index contributed by atoms with van der Waals surface area (Å²) in [6, 6.07) is 1.77. The number of hydrogen-bond donors (Lipinski definition) is 4. The second kappa shape index (κ2) is 15.6. The number of carbonyl (C=O) groups is 5. The number of rotatable bonds is 16. The Kier molecular flexibility index (Phi) is 12.9. The lowest BCUT2D eigenvalue weighted by Crippen LogP contribution is -2.55. The van der Waals surface area contributed by atoms with E-state index in [0.717, 1.165) is 12.8 Å². The first kappa shape index (κ1) is 33.9. The van der Waals surface area contributed by atoms with Gasteiger partial charge in [0.1, 0.15) is 11.8 Å². The maximum Gasteiger partial charge on any atom is 0.387 e. The van der Waals surface area contributed by atoms with Crippen molar-refractivity contribution in [2.75, 3.05) is 6.54 Å². The van der Waals surface area contributed by atoms with Gasteiger partial charge >= 0.3 is 6.61 Å². The highest BCUT2D eigenvalue weighted by Gasteiger charge is 2.34. The summed E-state index contributed by atoms with van der Waals surface area (Å²) >= 11 is 5.87. The van der Waals surface area contributed by atoms with E-state index < -0.39 is 47.6 Å². The predicted molar refractivity (Wildman–Crippen MR) is 148 cm³/mol. The molecule has 0 aromatic heterocycles. The Morgan fingerprint density at radius 3 is 2.29 bits per heavy atom. The van der Waals surface area contributed by atoms with Crippen molar-refractivity contribution >= 4 is 41.0 Å². The zero-order valence-electron chi connectivity index (χ0n) is 23.8. The largest absolute Gasteiger partial charge is 0.434 e. The predicted octanol–water partition coefficient (Wildman–Crippen LogP) is 3.04. The second-order valence-corrected chi connectivity index (χ2v) is 11.6. The van der Waals surface area contributed by atoms with Gasteiger partial charge in [-0.1, -0.05) is 38.4 Å². The molecular formula is C28H39ClF2N4O6. The molecule has 228 valence electrons. The number of carbonyl (C=O) groups excluding carboxylic acids is 5. The molecule has 0 spiro atoms. The molecule has 1 aromatic rings. The Bertz CT molecular complexity index is 1110. The first-order chi connectivity index (χ1) is 19.2. The fourth-order valence-electron chi connectivity index (χ4n) is 4.02. The van der Waals surface area contributed by atoms with Crippen LogP contribution in [0.1, 0.15) is 71.8 Å². The number of ether oxygens (including phenoxy) is 1. The van der Waals surface area contributed by atoms with Crippen LogP contribution in [0.4, 0.5) is 8.78 Å². The fourth-order valence-corrected chi connectivity index (χ4v) is 4.18. The fraction of sp³-hybridized carbons (Fsp3) is 0.607. The Morgan fingerprint density at radius 2 is 1.71 bits per heavy atom. The highest BCUT2D eigenvalue weighted by atomic mass is 35.5. The number of ketones is 1. The minimum absolute atomic E-state index is 0.0316. The zero-order valence-corrected chi connectivity index (χ0v) is 24.5. The van der Waals surface area contributed by atoms with Crippen LogP contribution in [0.15, 0.2) is 18.2 Å². The van der Waals surface area contributed by atoms with Gasteiger partial charge < -0.3 is 26.0 Å². The lowest BCUT2D eigenvalue weighted by atomic mass is 9.87. The monoisotopic (exact) mass is 600 g/mol. The van der Waals surface area contributed by atoms with Crippen LogP contribution < -0.4 is 26.0 Å². The average Bonchev–Trinajstić information content (AvgIpc) is 3.68. The Hall–Kier alpha value is -3.28. The molecule has 13 heteroatoms. The minimum Gasteiger partial charge on any atom is -0.434 e. The van der Waals surface area contributed by atoms with Crippen LogP contribution >= 0.6 is 11.6 Å². The van der Waals surface area contributed by atoms with E-state index in [2.05, 4.69) is 26.0 Å². The van der Waals surface area contributed by atoms with Crippen molar-refractivity contribution in [3.8, 4) is 5.75 Å². The van der Waals surface area contributed by atoms with Gasteiger partial charge in [0, 0.05) is 30.5 Å². The molecule has 10 nitrogen and oxygen atoms in total. The van der Waals surface area contributed by atoms with Gasteiger partial charge in [-0.05, 0) is 62.1 Å². The molecule has 4 amide bonds. The molecule has 2 rings (SSSR count). The van der Waals surface area contributed by atoms with Crippen molar-refractivity contribution in [3.63, 3.8) is 0 Å². The normalized spacial score (nSPS) is 14.5. The summed E-state index contributed by atoms with van der Waals surface area (Å²) in [5.74, 6) is -3.42. The molecule has 0 bridgehead atoms. The molecular weight excluding hydrogens is 562 g/mol. The Labute approximate surface area is 243 Å². The first-order valence-corrected chi connectivity index (χ1v) is 14.0. The molecule has 1 aliphatic carbocycles. The van der Waals surface area contributed by atoms with Crippen molar-refractivity contribution in [3.05, 3.63) is 28.8 Å². The van der Waals surface area contributed by atoms with Crippen molar-refractivity contribution < 1.29 is 37.5 Å². The highest BCUT2D eigenvalue weighted by molar-refractivity contribution is 6.38. The van der Waals surface area contributed by atoms with E-state index in [-0.39, 0.29) is 54.8 Å². The summed E-state index contributed by atoms with van der Waals surface area (Å²) in [5, 5.41) is 10.6. The third-order valence-electron chi connectivity index (χ3n) is 6.14. The van der Waals surface area contributed by atoms with Gasteiger partial charge in [0.05, 0.1) is 6.04 Å². The minimum atomic E-state index is -3.07. The molecule has 0 radical (unpaired) electrons. The molecule has 1 saturated carbocycles. The Morgan fingerprint density at radius 1 is 1.02 bits per heavy atom. The topological polar surface area (TPSA) is 143 Å². The van der Waals surface area contributed by atoms with Gasteiger partial charge in [0.2, 0.25) is 23.5 Å². The van der Waals surface area contributed by atoms with Gasteiger partial charge in [-0.2, -0.15) is 8.78 Å². The molecule has 2 atom stereocenters. The van der Waals surface area contributed by atoms with Gasteiger partial charge in [0.25, 0.3) is 5.91 Å². The average molecular weight is 601 g/mol. The van der Waals surface area contributed by atoms with Crippen LogP contribution in [-0.2, 0) is 30.4 Å². The third kappa shape index (κ3) is 12.8. The molecule has 4 N–H and O–H groups in total. The van der Waals surface area contributed by atoms with Crippen LogP contribution in [-0.4, -0.2) is 60.7 Å². The molecule has 0 heterocycles. The highest BCUT2D eigenvalue weighted by Crippen LogP contribution is 2.26. The number of alkyl halides is 2. The Balaban J connectivity index is 2.13. The zero-order chi connectivity index (χ0) is 30.7. The third-order valence-corrected chi connectivity index (χ3v) is 6.37. The molecule has 1 fully saturated rings. The SMILES string of the molecule is CCNC(=O)CCC(NC(=O)C(CC(C)(C)C)NC(=O)CCc1ccc(Cl)cc1OC(F)F)C(=O)C(=O)NC1CC1. The van der Waals surface area contributed by atoms with Gasteiger partial charge in [0.15, 0.2) is 0 Å². The summed E-state index contributed by atoms with van der Waals surface area (Å²) in [6.45, 7) is 4.64. The number of aryl methyl sites for hydroxylation is 1. The van der Waals surface area contributed by atoms with Crippen molar-refractivity contribution in [2.24, 2.45) is 5.41 Å². The van der Waals surface area contributed by atoms with Crippen LogP contribution in [0.5, 0.6) is 5.75 Å². The molecule has 0 aliphatic heterocycles. The van der Waals surface area contributed by atoms with E-state index >= 15 is 0 Å². The van der Waals surface area contributed by atoms with Crippen LogP contribution in [0, 0.1) is 5.41 Å². The maximum atomic E-state index is 13.4. The number of amides is 4. The van der Waals surface area contributed by atoms with E-state index in [9.17, 15) is 32.8 Å². The van der Waals surface area contributed by atoms with Crippen LogP contribution in [0.2, 0.25) is 5.02 Å². The number of nitrogens with one attached hydrogen (secondary N) is 4. The van der Waals surface area contributed by atoms with Crippen molar-refractivity contribution in [2.45, 2.75) is 97.4 Å². The van der Waals surface area contributed by atoms with Gasteiger partial charge in [-0.15, -0.1) is 0 Å². The van der Waals surface area contributed by atoms with E-state index in [0.29, 0.717) is 12.1 Å². The van der Waals surface area contributed by atoms with Gasteiger partial charge in [-0.3, -0.25) is 24.0 Å². The van der Waals surface area contributed by atoms with Gasteiger partial charge in [-0.25, -0.2) is 0 Å². The van der Waals surface area contributed by atoms with E-state index in [1.165, 1.54) is 18.2 Å². The molecule has 2 unspecified atom stereocenters. The standard InChI is InChI=1S/C28H39ClF2N4O6/c1-5-32-22(36)13-11-19(24(38)26(40)33-18-9-10-18)35-25(39)20(15-28(2,3)4)34-23(37)12-7-16-6-8-17(29)14-21(16)41-27(30)31/h6,8,14,18-20,27H,5,7,9-13,15H2,1-4H3,(H,32,36)(H,33,40)(H,34,37)(H,35,39). The molecule has 1 aliphatic rings. The van der Waals surface area contributed by atoms with Crippen molar-refractivity contribution in [1.82, 2.24) is 21.3 Å². The van der Waals surface area contributed by atoms with Crippen molar-refractivity contribution in [1.29, 1.82) is 0 Å². The smallest absolute Gasteiger partial charge is 0.387 e. The van der Waals surface area contributed by atoms with E-state index in [1.807, 2.05) is 20.8 Å². The first-order valence-electron chi connectivity index (χ1n) is 13.6. The number of halogens is 3. The number of benzene rings is 1. The summed E-state index contributed by atoms with van der Waals surface area (Å²) in [4.78, 5) is 63.6. The van der Waals surface area contributed by atoms with Crippen LogP contribution in [0.3, 0.4) is 0 Å². The second-order valence-electron chi connectivity index (χ2n) is 11.2.